The van der Waals surface area contributed by atoms with Crippen molar-refractivity contribution in [1.29, 1.82) is 0 Å². The molecule has 1 saturated heterocycles. The molecular weight excluding hydrogens is 290 g/mol. The monoisotopic (exact) mass is 309 g/mol. The van der Waals surface area contributed by atoms with Crippen molar-refractivity contribution >= 4 is 28.9 Å². The molecule has 3 rings (SSSR count). The maximum absolute atomic E-state index is 12.0. The standard InChI is InChI=1S/C18H19N3O2/c22-17(18(23)21-12-4-5-13-21)20-16-10-8-15(9-11-16)19-14-6-2-1-3-7-14/h1-3,6-11,19H,4-5,12-13H2,(H,20,22). The maximum atomic E-state index is 12.0. The molecule has 1 aliphatic heterocycles. The Labute approximate surface area is 135 Å². The molecule has 0 aromatic heterocycles. The third kappa shape index (κ3) is 3.88. The van der Waals surface area contributed by atoms with Crippen LogP contribution in [0.5, 0.6) is 0 Å². The largest absolute Gasteiger partial charge is 0.356 e. The molecule has 0 radical (unpaired) electrons. The van der Waals surface area contributed by atoms with Crippen molar-refractivity contribution in [3.05, 3.63) is 54.6 Å². The van der Waals surface area contributed by atoms with E-state index in [1.807, 2.05) is 42.5 Å². The van der Waals surface area contributed by atoms with E-state index in [4.69, 9.17) is 0 Å². The van der Waals surface area contributed by atoms with Gasteiger partial charge in [0.25, 0.3) is 0 Å². The van der Waals surface area contributed by atoms with Crippen molar-refractivity contribution in [3.63, 3.8) is 0 Å². The Balaban J connectivity index is 1.58. The second-order valence-electron chi connectivity index (χ2n) is 5.52. The van der Waals surface area contributed by atoms with Gasteiger partial charge in [-0.3, -0.25) is 9.59 Å². The minimum atomic E-state index is -0.573. The molecule has 2 aromatic rings. The highest BCUT2D eigenvalue weighted by atomic mass is 16.2. The van der Waals surface area contributed by atoms with Crippen LogP contribution < -0.4 is 10.6 Å². The summed E-state index contributed by atoms with van der Waals surface area (Å²) in [5.41, 5.74) is 2.52. The fourth-order valence-electron chi connectivity index (χ4n) is 2.57. The number of likely N-dealkylation sites (tertiary alicyclic amines) is 1. The van der Waals surface area contributed by atoms with E-state index in [1.165, 1.54) is 0 Å². The lowest BCUT2D eigenvalue weighted by Crippen LogP contribution is -2.37. The molecule has 0 unspecified atom stereocenters. The third-order valence-electron chi connectivity index (χ3n) is 3.79. The summed E-state index contributed by atoms with van der Waals surface area (Å²) in [5, 5.41) is 5.92. The van der Waals surface area contributed by atoms with Crippen LogP contribution in [0, 0.1) is 0 Å². The van der Waals surface area contributed by atoms with E-state index >= 15 is 0 Å². The number of anilines is 3. The molecule has 1 aliphatic rings. The zero-order valence-corrected chi connectivity index (χ0v) is 12.8. The number of hydrogen-bond donors (Lipinski definition) is 2. The molecule has 5 nitrogen and oxygen atoms in total. The quantitative estimate of drug-likeness (QED) is 0.857. The summed E-state index contributed by atoms with van der Waals surface area (Å²) in [7, 11) is 0. The predicted molar refractivity (Wildman–Crippen MR) is 90.6 cm³/mol. The van der Waals surface area contributed by atoms with E-state index in [2.05, 4.69) is 10.6 Å². The summed E-state index contributed by atoms with van der Waals surface area (Å²) < 4.78 is 0. The Bertz CT molecular complexity index is 677. The molecule has 23 heavy (non-hydrogen) atoms. The molecule has 0 saturated carbocycles. The second kappa shape index (κ2) is 6.96. The first kappa shape index (κ1) is 15.1. The number of carbonyl (C=O) groups excluding carboxylic acids is 2. The van der Waals surface area contributed by atoms with Crippen LogP contribution in [0.2, 0.25) is 0 Å². The van der Waals surface area contributed by atoms with Crippen molar-refractivity contribution in [3.8, 4) is 0 Å². The third-order valence-corrected chi connectivity index (χ3v) is 3.79. The Morgan fingerprint density at radius 1 is 0.783 bits per heavy atom. The molecule has 0 bridgehead atoms. The van der Waals surface area contributed by atoms with Gasteiger partial charge in [-0.2, -0.15) is 0 Å². The lowest BCUT2D eigenvalue weighted by Gasteiger charge is -2.14. The number of hydrogen-bond acceptors (Lipinski definition) is 3. The Morgan fingerprint density at radius 2 is 1.35 bits per heavy atom. The highest BCUT2D eigenvalue weighted by Gasteiger charge is 2.24. The normalized spacial score (nSPS) is 13.7. The average Bonchev–Trinajstić information content (AvgIpc) is 3.11. The number of benzene rings is 2. The molecule has 2 amide bonds. The molecular formula is C18H19N3O2. The molecule has 0 aliphatic carbocycles. The summed E-state index contributed by atoms with van der Waals surface area (Å²) in [6.45, 7) is 1.35. The van der Waals surface area contributed by atoms with Gasteiger partial charge in [-0.15, -0.1) is 0 Å². The predicted octanol–water partition coefficient (Wildman–Crippen LogP) is 2.99. The fourth-order valence-corrected chi connectivity index (χ4v) is 2.57. The number of nitrogens with one attached hydrogen (secondary N) is 2. The van der Waals surface area contributed by atoms with Gasteiger partial charge in [-0.25, -0.2) is 0 Å². The summed E-state index contributed by atoms with van der Waals surface area (Å²) in [5.74, 6) is -1.02. The van der Waals surface area contributed by atoms with E-state index in [-0.39, 0.29) is 0 Å². The minimum Gasteiger partial charge on any atom is -0.356 e. The van der Waals surface area contributed by atoms with Crippen LogP contribution in [-0.4, -0.2) is 29.8 Å². The van der Waals surface area contributed by atoms with Gasteiger partial charge in [0.1, 0.15) is 0 Å². The number of para-hydroxylation sites is 1. The minimum absolute atomic E-state index is 0.450. The molecule has 2 aromatic carbocycles. The Kier molecular flexibility index (Phi) is 4.57. The van der Waals surface area contributed by atoms with Gasteiger partial charge in [0, 0.05) is 30.2 Å². The van der Waals surface area contributed by atoms with Crippen LogP contribution in [0.25, 0.3) is 0 Å². The number of carbonyl (C=O) groups is 2. The van der Waals surface area contributed by atoms with Crippen molar-refractivity contribution in [2.24, 2.45) is 0 Å². The van der Waals surface area contributed by atoms with Gasteiger partial charge < -0.3 is 15.5 Å². The first-order valence-corrected chi connectivity index (χ1v) is 7.75. The van der Waals surface area contributed by atoms with Crippen LogP contribution >= 0.6 is 0 Å². The average molecular weight is 309 g/mol. The topological polar surface area (TPSA) is 61.4 Å². The highest BCUT2D eigenvalue weighted by molar-refractivity contribution is 6.39. The van der Waals surface area contributed by atoms with E-state index in [1.54, 1.807) is 17.0 Å². The van der Waals surface area contributed by atoms with Crippen LogP contribution in [0.15, 0.2) is 54.6 Å². The summed E-state index contributed by atoms with van der Waals surface area (Å²) in [6.07, 6.45) is 1.94. The van der Waals surface area contributed by atoms with Gasteiger partial charge in [0.05, 0.1) is 0 Å². The summed E-state index contributed by atoms with van der Waals surface area (Å²) in [4.78, 5) is 25.5. The van der Waals surface area contributed by atoms with Crippen molar-refractivity contribution in [2.75, 3.05) is 23.7 Å². The number of rotatable bonds is 3. The smallest absolute Gasteiger partial charge is 0.313 e. The highest BCUT2D eigenvalue weighted by Crippen LogP contribution is 2.18. The van der Waals surface area contributed by atoms with E-state index in [0.29, 0.717) is 18.8 Å². The number of nitrogens with zero attached hydrogens (tertiary/aromatic N) is 1. The SMILES string of the molecule is O=C(Nc1ccc(Nc2ccccc2)cc1)C(=O)N1CCCC1. The van der Waals surface area contributed by atoms with Crippen molar-refractivity contribution in [2.45, 2.75) is 12.8 Å². The van der Waals surface area contributed by atoms with Gasteiger partial charge in [0.15, 0.2) is 0 Å². The summed E-state index contributed by atoms with van der Waals surface area (Å²) in [6, 6.07) is 17.1. The fraction of sp³-hybridized carbons (Fsp3) is 0.222. The first-order valence-electron chi connectivity index (χ1n) is 7.75. The van der Waals surface area contributed by atoms with E-state index in [0.717, 1.165) is 24.2 Å². The molecule has 0 atom stereocenters. The Morgan fingerprint density at radius 3 is 2.00 bits per heavy atom. The van der Waals surface area contributed by atoms with Gasteiger partial charge in [0.2, 0.25) is 0 Å². The van der Waals surface area contributed by atoms with Gasteiger partial charge in [-0.1, -0.05) is 18.2 Å². The lowest BCUT2D eigenvalue weighted by atomic mass is 10.2. The van der Waals surface area contributed by atoms with Crippen LogP contribution in [-0.2, 0) is 9.59 Å². The molecule has 0 spiro atoms. The second-order valence-corrected chi connectivity index (χ2v) is 5.52. The summed E-state index contributed by atoms with van der Waals surface area (Å²) >= 11 is 0. The zero-order valence-electron chi connectivity index (χ0n) is 12.8. The molecule has 2 N–H and O–H groups in total. The van der Waals surface area contributed by atoms with E-state index < -0.39 is 11.8 Å². The molecule has 118 valence electrons. The first-order chi connectivity index (χ1) is 11.2. The van der Waals surface area contributed by atoms with Crippen LogP contribution in [0.4, 0.5) is 17.1 Å². The molecule has 5 heteroatoms. The van der Waals surface area contributed by atoms with Crippen LogP contribution in [0.3, 0.4) is 0 Å². The van der Waals surface area contributed by atoms with Crippen molar-refractivity contribution in [1.82, 2.24) is 4.90 Å². The maximum Gasteiger partial charge on any atom is 0.313 e. The molecule has 1 fully saturated rings. The lowest BCUT2D eigenvalue weighted by molar-refractivity contribution is -0.142. The van der Waals surface area contributed by atoms with Gasteiger partial charge in [-0.05, 0) is 49.2 Å². The number of amides is 2. The Hall–Kier alpha value is -2.82. The van der Waals surface area contributed by atoms with Crippen LogP contribution in [0.1, 0.15) is 12.8 Å². The van der Waals surface area contributed by atoms with E-state index in [9.17, 15) is 9.59 Å². The molecule has 1 heterocycles. The van der Waals surface area contributed by atoms with Gasteiger partial charge >= 0.3 is 11.8 Å². The van der Waals surface area contributed by atoms with Crippen molar-refractivity contribution < 1.29 is 9.59 Å². The zero-order chi connectivity index (χ0) is 16.1.